The maximum Gasteiger partial charge on any atom is 0.0951 e. The maximum absolute atomic E-state index is 6.16. The lowest BCUT2D eigenvalue weighted by atomic mass is 10.0. The van der Waals surface area contributed by atoms with Crippen LogP contribution in [0, 0.1) is 5.92 Å². The second-order valence-electron chi connectivity index (χ2n) is 4.74. The van der Waals surface area contributed by atoms with Gasteiger partial charge in [0.1, 0.15) is 0 Å². The van der Waals surface area contributed by atoms with Gasteiger partial charge < -0.3 is 10.3 Å². The molecule has 0 bridgehead atoms. The van der Waals surface area contributed by atoms with Gasteiger partial charge in [0, 0.05) is 31.0 Å². The molecule has 17 heavy (non-hydrogen) atoms. The van der Waals surface area contributed by atoms with E-state index in [1.165, 1.54) is 0 Å². The fourth-order valence-corrected chi connectivity index (χ4v) is 1.83. The summed E-state index contributed by atoms with van der Waals surface area (Å²) in [5.41, 5.74) is 8.39. The van der Waals surface area contributed by atoms with E-state index in [0.717, 1.165) is 17.8 Å². The molecule has 2 aromatic heterocycles. The van der Waals surface area contributed by atoms with E-state index in [4.69, 9.17) is 5.73 Å². The topological polar surface area (TPSA) is 61.7 Å². The van der Waals surface area contributed by atoms with Crippen LogP contribution >= 0.6 is 0 Å². The molecule has 0 fully saturated rings. The molecule has 5 nitrogen and oxygen atoms in total. The second kappa shape index (κ2) is 4.71. The van der Waals surface area contributed by atoms with Crippen LogP contribution in [-0.4, -0.2) is 19.3 Å². The summed E-state index contributed by atoms with van der Waals surface area (Å²) in [6, 6.07) is 0.0224. The van der Waals surface area contributed by atoms with Crippen molar-refractivity contribution in [3.63, 3.8) is 0 Å². The van der Waals surface area contributed by atoms with Crippen molar-refractivity contribution in [3.8, 4) is 0 Å². The molecule has 2 N–H and O–H groups in total. The van der Waals surface area contributed by atoms with Crippen LogP contribution in [0.1, 0.15) is 31.1 Å². The first-order chi connectivity index (χ1) is 8.08. The van der Waals surface area contributed by atoms with Crippen molar-refractivity contribution >= 4 is 0 Å². The Balaban J connectivity index is 2.19. The van der Waals surface area contributed by atoms with Crippen molar-refractivity contribution in [3.05, 3.63) is 36.2 Å². The van der Waals surface area contributed by atoms with Crippen LogP contribution in [0.4, 0.5) is 0 Å². The Kier molecular flexibility index (Phi) is 3.28. The highest BCUT2D eigenvalue weighted by Gasteiger charge is 2.15. The number of rotatable bonds is 4. The average molecular weight is 233 g/mol. The van der Waals surface area contributed by atoms with Crippen molar-refractivity contribution in [2.45, 2.75) is 26.4 Å². The van der Waals surface area contributed by atoms with E-state index in [-0.39, 0.29) is 6.04 Å². The average Bonchev–Trinajstić information content (AvgIpc) is 2.87. The molecule has 2 rings (SSSR count). The van der Waals surface area contributed by atoms with E-state index >= 15 is 0 Å². The summed E-state index contributed by atoms with van der Waals surface area (Å²) in [6.45, 7) is 5.00. The van der Waals surface area contributed by atoms with Gasteiger partial charge in [-0.3, -0.25) is 4.68 Å². The van der Waals surface area contributed by atoms with Crippen molar-refractivity contribution in [1.29, 1.82) is 0 Å². The minimum Gasteiger partial charge on any atom is -0.329 e. The van der Waals surface area contributed by atoms with E-state index in [9.17, 15) is 0 Å². The third-order valence-corrected chi connectivity index (χ3v) is 2.92. The van der Waals surface area contributed by atoms with Gasteiger partial charge in [0.25, 0.3) is 0 Å². The number of nitrogens with two attached hydrogens (primary N) is 1. The van der Waals surface area contributed by atoms with Gasteiger partial charge in [-0.25, -0.2) is 4.98 Å². The van der Waals surface area contributed by atoms with E-state index in [2.05, 4.69) is 28.5 Å². The Hall–Kier alpha value is -1.62. The normalized spacial score (nSPS) is 13.2. The first kappa shape index (κ1) is 11.9. The number of aryl methyl sites for hydroxylation is 1. The number of nitrogens with zero attached hydrogens (tertiary/aromatic N) is 4. The minimum atomic E-state index is 0.0224. The molecular weight excluding hydrogens is 214 g/mol. The Morgan fingerprint density at radius 3 is 2.71 bits per heavy atom. The molecule has 0 saturated heterocycles. The van der Waals surface area contributed by atoms with Gasteiger partial charge in [0.2, 0.25) is 0 Å². The molecule has 0 saturated carbocycles. The lowest BCUT2D eigenvalue weighted by molar-refractivity contribution is 0.484. The van der Waals surface area contributed by atoms with Crippen molar-refractivity contribution in [2.75, 3.05) is 0 Å². The quantitative estimate of drug-likeness (QED) is 0.866. The van der Waals surface area contributed by atoms with Crippen LogP contribution in [-0.2, 0) is 13.6 Å². The fourth-order valence-electron chi connectivity index (χ4n) is 1.83. The molecule has 2 aromatic rings. The fraction of sp³-hybridized carbons (Fsp3) is 0.500. The molecule has 0 aliphatic rings. The van der Waals surface area contributed by atoms with Crippen LogP contribution in [0.3, 0.4) is 0 Å². The Morgan fingerprint density at radius 1 is 1.35 bits per heavy atom. The number of hydrogen-bond acceptors (Lipinski definition) is 3. The zero-order valence-corrected chi connectivity index (χ0v) is 10.5. The summed E-state index contributed by atoms with van der Waals surface area (Å²) in [4.78, 5) is 4.18. The molecule has 1 atom stereocenters. The van der Waals surface area contributed by atoms with E-state index in [0.29, 0.717) is 5.92 Å². The third-order valence-electron chi connectivity index (χ3n) is 2.92. The molecule has 0 aliphatic carbocycles. The second-order valence-corrected chi connectivity index (χ2v) is 4.74. The number of imidazole rings is 1. The van der Waals surface area contributed by atoms with Gasteiger partial charge in [-0.1, -0.05) is 13.8 Å². The van der Waals surface area contributed by atoms with Gasteiger partial charge in [-0.05, 0) is 5.92 Å². The Labute approximate surface area is 101 Å². The summed E-state index contributed by atoms with van der Waals surface area (Å²) in [6.07, 6.45) is 7.54. The molecule has 5 heteroatoms. The molecule has 0 aliphatic heterocycles. The maximum atomic E-state index is 6.16. The van der Waals surface area contributed by atoms with Crippen LogP contribution in [0.5, 0.6) is 0 Å². The van der Waals surface area contributed by atoms with Crippen molar-refractivity contribution in [1.82, 2.24) is 19.3 Å². The summed E-state index contributed by atoms with van der Waals surface area (Å²) in [5.74, 6) is 0.402. The number of aromatic nitrogens is 4. The molecule has 0 amide bonds. The Bertz CT molecular complexity index is 483. The highest BCUT2D eigenvalue weighted by Crippen LogP contribution is 2.19. The molecular formula is C12H19N5. The number of hydrogen-bond donors (Lipinski definition) is 1. The molecule has 0 radical (unpaired) electrons. The summed E-state index contributed by atoms with van der Waals surface area (Å²) < 4.78 is 3.88. The van der Waals surface area contributed by atoms with Gasteiger partial charge in [0.15, 0.2) is 0 Å². The van der Waals surface area contributed by atoms with Crippen molar-refractivity contribution in [2.24, 2.45) is 18.7 Å². The highest BCUT2D eigenvalue weighted by molar-refractivity contribution is 5.11. The third kappa shape index (κ3) is 2.55. The smallest absolute Gasteiger partial charge is 0.0951 e. The predicted octanol–water partition coefficient (Wildman–Crippen LogP) is 1.32. The Morgan fingerprint density at radius 2 is 2.12 bits per heavy atom. The van der Waals surface area contributed by atoms with E-state index in [1.807, 2.05) is 32.0 Å². The zero-order chi connectivity index (χ0) is 12.4. The largest absolute Gasteiger partial charge is 0.329 e. The monoisotopic (exact) mass is 233 g/mol. The van der Waals surface area contributed by atoms with Crippen LogP contribution in [0.15, 0.2) is 24.9 Å². The minimum absolute atomic E-state index is 0.0224. The SMILES string of the molecule is CC(C)C(N)c1cncn1Cc1cnn(C)c1. The lowest BCUT2D eigenvalue weighted by Gasteiger charge is -2.17. The van der Waals surface area contributed by atoms with Gasteiger partial charge in [0.05, 0.1) is 24.8 Å². The molecule has 0 spiro atoms. The predicted molar refractivity (Wildman–Crippen MR) is 66.3 cm³/mol. The summed E-state index contributed by atoms with van der Waals surface area (Å²) in [5, 5.41) is 4.16. The molecule has 92 valence electrons. The summed E-state index contributed by atoms with van der Waals surface area (Å²) >= 11 is 0. The van der Waals surface area contributed by atoms with Gasteiger partial charge >= 0.3 is 0 Å². The van der Waals surface area contributed by atoms with E-state index in [1.54, 1.807) is 4.68 Å². The molecule has 1 unspecified atom stereocenters. The standard InChI is InChI=1S/C12H19N5/c1-9(2)12(13)11-5-14-8-17(11)7-10-4-15-16(3)6-10/h4-6,8-9,12H,7,13H2,1-3H3. The first-order valence-corrected chi connectivity index (χ1v) is 5.81. The highest BCUT2D eigenvalue weighted by atomic mass is 15.2. The van der Waals surface area contributed by atoms with Gasteiger partial charge in [-0.2, -0.15) is 5.10 Å². The van der Waals surface area contributed by atoms with E-state index < -0.39 is 0 Å². The zero-order valence-electron chi connectivity index (χ0n) is 10.5. The summed E-state index contributed by atoms with van der Waals surface area (Å²) in [7, 11) is 1.91. The van der Waals surface area contributed by atoms with Gasteiger partial charge in [-0.15, -0.1) is 0 Å². The molecule has 2 heterocycles. The van der Waals surface area contributed by atoms with Crippen LogP contribution in [0.2, 0.25) is 0 Å². The lowest BCUT2D eigenvalue weighted by Crippen LogP contribution is -2.20. The molecule has 0 aromatic carbocycles. The van der Waals surface area contributed by atoms with Crippen LogP contribution in [0.25, 0.3) is 0 Å². The first-order valence-electron chi connectivity index (χ1n) is 5.81. The van der Waals surface area contributed by atoms with Crippen molar-refractivity contribution < 1.29 is 0 Å². The van der Waals surface area contributed by atoms with Crippen LogP contribution < -0.4 is 5.73 Å².